The second-order valence-corrected chi connectivity index (χ2v) is 10.7. The first-order valence-corrected chi connectivity index (χ1v) is 14.5. The second kappa shape index (κ2) is 15.9. The molecule has 2 heterocycles. The van der Waals surface area contributed by atoms with Crippen molar-refractivity contribution in [2.45, 2.75) is 54.8 Å². The van der Waals surface area contributed by atoms with E-state index in [4.69, 9.17) is 37.9 Å². The van der Waals surface area contributed by atoms with Gasteiger partial charge >= 0.3 is 11.9 Å². The summed E-state index contributed by atoms with van der Waals surface area (Å²) >= 11 is 0. The molecule has 0 aromatic heterocycles. The van der Waals surface area contributed by atoms with Crippen LogP contribution in [0.1, 0.15) is 15.9 Å². The Labute approximate surface area is 274 Å². The van der Waals surface area contributed by atoms with Gasteiger partial charge in [-0.15, -0.1) is 0 Å². The summed E-state index contributed by atoms with van der Waals surface area (Å²) in [4.78, 5) is 25.4. The molecule has 0 saturated carbocycles. The van der Waals surface area contributed by atoms with Crippen LogP contribution >= 0.6 is 0 Å². The van der Waals surface area contributed by atoms with Crippen LogP contribution in [0.5, 0.6) is 23.0 Å². The molecule has 0 aliphatic carbocycles. The summed E-state index contributed by atoms with van der Waals surface area (Å²) in [5.74, 6) is -3.57. The van der Waals surface area contributed by atoms with E-state index < -0.39 is 86.6 Å². The number of ether oxygens (including phenoxy) is 8. The third kappa shape index (κ3) is 7.81. The number of carbonyl (C=O) groups is 2. The van der Waals surface area contributed by atoms with Crippen LogP contribution in [-0.4, -0.2) is 144 Å². The van der Waals surface area contributed by atoms with E-state index in [0.29, 0.717) is 22.8 Å². The van der Waals surface area contributed by atoms with Crippen LogP contribution in [0.3, 0.4) is 0 Å². The smallest absolute Gasteiger partial charge is 0.338 e. The molecule has 17 heteroatoms. The Kier molecular flexibility index (Phi) is 12.2. The van der Waals surface area contributed by atoms with Crippen LogP contribution in [0.4, 0.5) is 0 Å². The molecule has 0 spiro atoms. The number of methoxy groups -OCH3 is 3. The predicted octanol–water partition coefficient (Wildman–Crippen LogP) is -1.54. The van der Waals surface area contributed by atoms with E-state index >= 15 is 0 Å². The molecule has 4 rings (SSSR count). The Morgan fingerprint density at radius 2 is 1.52 bits per heavy atom. The standard InChI is InChI=1S/C31H38O17/c1-41-18-10-15(11-19(42-2)27(18)43-3)4-9-22(35)46-28-24(37)20(12-32)47-31(28,14-33)48-30-26(39)25(38)23(36)21(45-30)13-44-29(40)16-5-7-17(34)8-6-16/h4-11,20-21,23-26,28,30,32-34,36-39H,12-14H2,1-3H3. The Hall–Kier alpha value is -4.04. The minimum atomic E-state index is -2.47. The van der Waals surface area contributed by atoms with E-state index in [1.807, 2.05) is 0 Å². The van der Waals surface area contributed by atoms with Crippen molar-refractivity contribution < 1.29 is 83.2 Å². The average Bonchev–Trinajstić information content (AvgIpc) is 3.36. The number of aliphatic hydroxyl groups is 6. The zero-order valence-electron chi connectivity index (χ0n) is 26.1. The molecule has 2 aliphatic rings. The summed E-state index contributed by atoms with van der Waals surface area (Å²) in [6.07, 6.45) is -11.9. The highest BCUT2D eigenvalue weighted by molar-refractivity contribution is 5.89. The molecule has 9 atom stereocenters. The van der Waals surface area contributed by atoms with Gasteiger partial charge in [0.15, 0.2) is 23.9 Å². The number of phenolic OH excluding ortho intramolecular Hbond substituents is 1. The van der Waals surface area contributed by atoms with Crippen LogP contribution in [0, 0.1) is 0 Å². The molecule has 2 aliphatic heterocycles. The van der Waals surface area contributed by atoms with Crippen molar-refractivity contribution in [3.05, 3.63) is 53.6 Å². The first-order chi connectivity index (χ1) is 22.9. The molecule has 0 bridgehead atoms. The van der Waals surface area contributed by atoms with Gasteiger partial charge in [-0.25, -0.2) is 9.59 Å². The largest absolute Gasteiger partial charge is 0.508 e. The van der Waals surface area contributed by atoms with Gasteiger partial charge in [0.25, 0.3) is 0 Å². The van der Waals surface area contributed by atoms with Crippen molar-refractivity contribution in [3.8, 4) is 23.0 Å². The van der Waals surface area contributed by atoms with Crippen molar-refractivity contribution in [1.82, 2.24) is 0 Å². The Morgan fingerprint density at radius 1 is 0.875 bits per heavy atom. The highest BCUT2D eigenvalue weighted by Gasteiger charge is 2.60. The maximum absolute atomic E-state index is 13.0. The first kappa shape index (κ1) is 36.8. The number of rotatable bonds is 13. The predicted molar refractivity (Wildman–Crippen MR) is 159 cm³/mol. The van der Waals surface area contributed by atoms with Gasteiger partial charge < -0.3 is 73.6 Å². The average molecular weight is 683 g/mol. The van der Waals surface area contributed by atoms with Crippen LogP contribution in [0.25, 0.3) is 6.08 Å². The fourth-order valence-corrected chi connectivity index (χ4v) is 5.13. The van der Waals surface area contributed by atoms with Crippen molar-refractivity contribution in [2.24, 2.45) is 0 Å². The number of esters is 2. The molecule has 0 amide bonds. The molecule has 7 N–H and O–H groups in total. The number of carbonyl (C=O) groups excluding carboxylic acids is 2. The topological polar surface area (TPSA) is 250 Å². The number of hydrogen-bond acceptors (Lipinski definition) is 17. The van der Waals surface area contributed by atoms with Gasteiger partial charge in [0.05, 0.1) is 33.5 Å². The van der Waals surface area contributed by atoms with E-state index in [9.17, 15) is 45.3 Å². The maximum atomic E-state index is 13.0. The summed E-state index contributed by atoms with van der Waals surface area (Å²) in [7, 11) is 4.24. The van der Waals surface area contributed by atoms with Gasteiger partial charge in [0, 0.05) is 6.08 Å². The van der Waals surface area contributed by atoms with E-state index in [1.165, 1.54) is 51.7 Å². The van der Waals surface area contributed by atoms with E-state index in [2.05, 4.69) is 0 Å². The van der Waals surface area contributed by atoms with Crippen molar-refractivity contribution in [2.75, 3.05) is 41.2 Å². The molecule has 2 saturated heterocycles. The molecular weight excluding hydrogens is 644 g/mol. The summed E-state index contributed by atoms with van der Waals surface area (Å²) in [6.45, 7) is -2.59. The first-order valence-electron chi connectivity index (χ1n) is 14.5. The number of phenols is 1. The lowest BCUT2D eigenvalue weighted by Gasteiger charge is -2.43. The number of aromatic hydroxyl groups is 1. The molecule has 48 heavy (non-hydrogen) atoms. The van der Waals surface area contributed by atoms with Crippen molar-refractivity contribution in [1.29, 1.82) is 0 Å². The Bertz CT molecular complexity index is 1410. The molecule has 2 fully saturated rings. The number of aliphatic hydroxyl groups excluding tert-OH is 6. The lowest BCUT2D eigenvalue weighted by Crippen LogP contribution is -2.63. The van der Waals surface area contributed by atoms with Gasteiger partial charge in [-0.1, -0.05) is 0 Å². The molecule has 2 aromatic carbocycles. The van der Waals surface area contributed by atoms with Crippen LogP contribution in [0.15, 0.2) is 42.5 Å². The van der Waals surface area contributed by atoms with Crippen LogP contribution in [-0.2, 0) is 28.5 Å². The van der Waals surface area contributed by atoms with Crippen LogP contribution < -0.4 is 14.2 Å². The molecule has 0 radical (unpaired) electrons. The van der Waals surface area contributed by atoms with E-state index in [0.717, 1.165) is 6.08 Å². The van der Waals surface area contributed by atoms with Crippen molar-refractivity contribution in [3.63, 3.8) is 0 Å². The highest BCUT2D eigenvalue weighted by atomic mass is 16.8. The van der Waals surface area contributed by atoms with Gasteiger partial charge in [-0.2, -0.15) is 0 Å². The summed E-state index contributed by atoms with van der Waals surface area (Å²) in [5.41, 5.74) is 0.476. The van der Waals surface area contributed by atoms with Gasteiger partial charge in [0.1, 0.15) is 55.6 Å². The normalized spacial score (nSPS) is 30.2. The maximum Gasteiger partial charge on any atom is 0.338 e. The third-order valence-corrected chi connectivity index (χ3v) is 7.68. The van der Waals surface area contributed by atoms with Gasteiger partial charge in [0.2, 0.25) is 11.5 Å². The number of hydrogen-bond donors (Lipinski definition) is 7. The monoisotopic (exact) mass is 682 g/mol. The fourth-order valence-electron chi connectivity index (χ4n) is 5.13. The Balaban J connectivity index is 1.51. The summed E-state index contributed by atoms with van der Waals surface area (Å²) < 4.78 is 43.3. The quantitative estimate of drug-likeness (QED) is 0.0934. The second-order valence-electron chi connectivity index (χ2n) is 10.7. The summed E-state index contributed by atoms with van der Waals surface area (Å²) in [5, 5.41) is 72.2. The molecule has 264 valence electrons. The molecular formula is C31H38O17. The Morgan fingerprint density at radius 3 is 2.08 bits per heavy atom. The minimum absolute atomic E-state index is 0.0538. The minimum Gasteiger partial charge on any atom is -0.508 e. The molecule has 2 aromatic rings. The van der Waals surface area contributed by atoms with E-state index in [-0.39, 0.29) is 11.3 Å². The SMILES string of the molecule is COc1cc(C=CC(=O)OC2C(O)C(CO)OC2(CO)OC2OC(COC(=O)c3ccc(O)cc3)C(O)C(O)C2O)cc(OC)c1OC. The lowest BCUT2D eigenvalue weighted by atomic mass is 9.98. The highest BCUT2D eigenvalue weighted by Crippen LogP contribution is 2.40. The van der Waals surface area contributed by atoms with Crippen molar-refractivity contribution >= 4 is 18.0 Å². The lowest BCUT2D eigenvalue weighted by molar-refractivity contribution is -0.383. The van der Waals surface area contributed by atoms with Gasteiger partial charge in [-0.3, -0.25) is 0 Å². The summed E-state index contributed by atoms with van der Waals surface area (Å²) in [6, 6.07) is 8.16. The third-order valence-electron chi connectivity index (χ3n) is 7.68. The number of benzene rings is 2. The zero-order valence-corrected chi connectivity index (χ0v) is 26.1. The fraction of sp³-hybridized carbons (Fsp3) is 0.484. The molecule has 9 unspecified atom stereocenters. The zero-order chi connectivity index (χ0) is 35.2. The van der Waals surface area contributed by atoms with E-state index in [1.54, 1.807) is 12.1 Å². The van der Waals surface area contributed by atoms with Gasteiger partial charge in [-0.05, 0) is 48.0 Å². The molecule has 17 nitrogen and oxygen atoms in total. The van der Waals surface area contributed by atoms with Crippen LogP contribution in [0.2, 0.25) is 0 Å².